The Morgan fingerprint density at radius 2 is 2.09 bits per heavy atom. The molecule has 2 aromatic heterocycles. The molecule has 0 bridgehead atoms. The quantitative estimate of drug-likeness (QED) is 0.869. The Kier molecular flexibility index (Phi) is 4.28. The number of halogens is 1. The second-order valence-corrected chi connectivity index (χ2v) is 6.60. The average molecular weight is 368 g/mol. The first-order chi connectivity index (χ1) is 10.2. The van der Waals surface area contributed by atoms with Crippen LogP contribution in [0.25, 0.3) is 5.65 Å². The molecule has 7 heteroatoms. The van der Waals surface area contributed by atoms with E-state index in [1.807, 2.05) is 19.9 Å². The van der Waals surface area contributed by atoms with Gasteiger partial charge >= 0.3 is 5.97 Å². The fourth-order valence-electron chi connectivity index (χ4n) is 2.20. The van der Waals surface area contributed by atoms with Crippen LogP contribution in [0.5, 0.6) is 0 Å². The van der Waals surface area contributed by atoms with Gasteiger partial charge in [-0.15, -0.1) is 0 Å². The molecule has 0 atom stereocenters. The minimum Gasteiger partial charge on any atom is -0.480 e. The van der Waals surface area contributed by atoms with Crippen LogP contribution in [0.1, 0.15) is 42.5 Å². The Balaban J connectivity index is 2.59. The predicted octanol–water partition coefficient (Wildman–Crippen LogP) is 2.56. The van der Waals surface area contributed by atoms with Gasteiger partial charge in [-0.2, -0.15) is 0 Å². The van der Waals surface area contributed by atoms with Crippen LogP contribution in [0.3, 0.4) is 0 Å². The Labute approximate surface area is 136 Å². The zero-order valence-electron chi connectivity index (χ0n) is 12.9. The number of carbonyl (C=O) groups is 2. The van der Waals surface area contributed by atoms with Gasteiger partial charge in [0.05, 0.1) is 5.69 Å². The molecule has 6 nitrogen and oxygen atoms in total. The van der Waals surface area contributed by atoms with Crippen LogP contribution in [0.2, 0.25) is 0 Å². The zero-order valence-corrected chi connectivity index (χ0v) is 14.5. The van der Waals surface area contributed by atoms with Gasteiger partial charge in [0, 0.05) is 10.7 Å². The van der Waals surface area contributed by atoms with E-state index in [-0.39, 0.29) is 0 Å². The molecule has 22 heavy (non-hydrogen) atoms. The molecule has 0 aliphatic heterocycles. The fourth-order valence-corrected chi connectivity index (χ4v) is 2.75. The van der Waals surface area contributed by atoms with Crippen molar-refractivity contribution in [3.05, 3.63) is 33.7 Å². The number of rotatable bonds is 4. The van der Waals surface area contributed by atoms with Crippen LogP contribution in [-0.2, 0) is 11.2 Å². The van der Waals surface area contributed by atoms with Crippen molar-refractivity contribution in [2.24, 2.45) is 0 Å². The first kappa shape index (κ1) is 16.5. The molecule has 0 saturated carbocycles. The van der Waals surface area contributed by atoms with Crippen molar-refractivity contribution in [1.82, 2.24) is 14.7 Å². The smallest absolute Gasteiger partial charge is 0.328 e. The second kappa shape index (κ2) is 5.72. The van der Waals surface area contributed by atoms with E-state index in [1.165, 1.54) is 13.8 Å². The SMILES string of the molecule is CCc1nc2c(C)cc(Br)cn2c1C(=O)NC(C)(C)C(=O)O. The van der Waals surface area contributed by atoms with Crippen molar-refractivity contribution in [3.8, 4) is 0 Å². The highest BCUT2D eigenvalue weighted by Crippen LogP contribution is 2.21. The lowest BCUT2D eigenvalue weighted by Crippen LogP contribution is -2.50. The van der Waals surface area contributed by atoms with Gasteiger partial charge in [0.2, 0.25) is 0 Å². The van der Waals surface area contributed by atoms with E-state index in [0.29, 0.717) is 23.5 Å². The number of hydrogen-bond donors (Lipinski definition) is 2. The molecule has 0 radical (unpaired) electrons. The van der Waals surface area contributed by atoms with Crippen molar-refractivity contribution in [2.45, 2.75) is 39.7 Å². The van der Waals surface area contributed by atoms with E-state index < -0.39 is 17.4 Å². The largest absolute Gasteiger partial charge is 0.480 e. The van der Waals surface area contributed by atoms with Gasteiger partial charge in [-0.3, -0.25) is 9.20 Å². The van der Waals surface area contributed by atoms with E-state index in [2.05, 4.69) is 26.2 Å². The van der Waals surface area contributed by atoms with Crippen LogP contribution < -0.4 is 5.32 Å². The summed E-state index contributed by atoms with van der Waals surface area (Å²) >= 11 is 3.41. The lowest BCUT2D eigenvalue weighted by molar-refractivity contribution is -0.143. The number of pyridine rings is 1. The summed E-state index contributed by atoms with van der Waals surface area (Å²) in [5.41, 5.74) is 1.28. The van der Waals surface area contributed by atoms with E-state index in [1.54, 1.807) is 10.6 Å². The summed E-state index contributed by atoms with van der Waals surface area (Å²) in [6.07, 6.45) is 2.34. The summed E-state index contributed by atoms with van der Waals surface area (Å²) in [6.45, 7) is 6.72. The summed E-state index contributed by atoms with van der Waals surface area (Å²) in [5, 5.41) is 11.7. The molecule has 1 amide bonds. The number of carbonyl (C=O) groups excluding carboxylic acids is 1. The van der Waals surface area contributed by atoms with Crippen LogP contribution in [-0.4, -0.2) is 31.9 Å². The maximum absolute atomic E-state index is 12.6. The van der Waals surface area contributed by atoms with Crippen LogP contribution in [0.15, 0.2) is 16.7 Å². The Morgan fingerprint density at radius 1 is 1.45 bits per heavy atom. The van der Waals surface area contributed by atoms with Crippen molar-refractivity contribution in [3.63, 3.8) is 0 Å². The van der Waals surface area contributed by atoms with Crippen molar-refractivity contribution in [1.29, 1.82) is 0 Å². The second-order valence-electron chi connectivity index (χ2n) is 5.68. The van der Waals surface area contributed by atoms with Gasteiger partial charge in [0.1, 0.15) is 16.9 Å². The number of fused-ring (bicyclic) bond motifs is 1. The summed E-state index contributed by atoms with van der Waals surface area (Å²) < 4.78 is 2.52. The molecule has 0 fully saturated rings. The van der Waals surface area contributed by atoms with Crippen molar-refractivity contribution >= 4 is 33.5 Å². The molecule has 2 aromatic rings. The third-order valence-electron chi connectivity index (χ3n) is 3.45. The third-order valence-corrected chi connectivity index (χ3v) is 3.89. The van der Waals surface area contributed by atoms with Gasteiger partial charge in [0.15, 0.2) is 0 Å². The molecular weight excluding hydrogens is 350 g/mol. The van der Waals surface area contributed by atoms with E-state index in [0.717, 1.165) is 10.0 Å². The van der Waals surface area contributed by atoms with Gasteiger partial charge in [-0.1, -0.05) is 6.92 Å². The molecule has 2 rings (SSSR count). The van der Waals surface area contributed by atoms with E-state index in [9.17, 15) is 14.7 Å². The number of imidazole rings is 1. The highest BCUT2D eigenvalue weighted by molar-refractivity contribution is 9.10. The minimum absolute atomic E-state index is 0.372. The number of carboxylic acids is 1. The standard InChI is InChI=1S/C15H18BrN3O3/c1-5-10-11(13(20)18-15(3,4)14(21)22)19-7-9(16)6-8(2)12(19)17-10/h6-7H,5H2,1-4H3,(H,18,20)(H,21,22). The lowest BCUT2D eigenvalue weighted by atomic mass is 10.1. The third kappa shape index (κ3) is 2.85. The summed E-state index contributed by atoms with van der Waals surface area (Å²) in [6, 6.07) is 1.92. The molecule has 2 heterocycles. The lowest BCUT2D eigenvalue weighted by Gasteiger charge is -2.21. The zero-order chi connectivity index (χ0) is 16.7. The van der Waals surface area contributed by atoms with Crippen molar-refractivity contribution in [2.75, 3.05) is 0 Å². The first-order valence-electron chi connectivity index (χ1n) is 6.90. The fraction of sp³-hybridized carbons (Fsp3) is 0.400. The van der Waals surface area contributed by atoms with Gasteiger partial charge in [-0.25, -0.2) is 9.78 Å². The highest BCUT2D eigenvalue weighted by Gasteiger charge is 2.31. The molecule has 0 unspecified atom stereocenters. The molecule has 0 aliphatic rings. The number of amides is 1. The maximum atomic E-state index is 12.6. The van der Waals surface area contributed by atoms with Crippen LogP contribution in [0, 0.1) is 6.92 Å². The molecule has 0 spiro atoms. The number of nitrogens with zero attached hydrogens (tertiary/aromatic N) is 2. The summed E-state index contributed by atoms with van der Waals surface area (Å²) in [4.78, 5) is 28.3. The molecule has 0 aliphatic carbocycles. The Hall–Kier alpha value is -1.89. The first-order valence-corrected chi connectivity index (χ1v) is 7.69. The number of nitrogens with one attached hydrogen (secondary N) is 1. The number of aryl methyl sites for hydroxylation is 2. The van der Waals surface area contributed by atoms with Gasteiger partial charge in [-0.05, 0) is 54.8 Å². The molecule has 118 valence electrons. The van der Waals surface area contributed by atoms with Crippen LogP contribution >= 0.6 is 15.9 Å². The van der Waals surface area contributed by atoms with Crippen LogP contribution in [0.4, 0.5) is 0 Å². The average Bonchev–Trinajstić information content (AvgIpc) is 2.76. The van der Waals surface area contributed by atoms with Gasteiger partial charge < -0.3 is 10.4 Å². The topological polar surface area (TPSA) is 83.7 Å². The van der Waals surface area contributed by atoms with E-state index in [4.69, 9.17) is 0 Å². The van der Waals surface area contributed by atoms with E-state index >= 15 is 0 Å². The molecular formula is C15H18BrN3O3. The molecule has 0 aromatic carbocycles. The normalized spacial score (nSPS) is 11.7. The predicted molar refractivity (Wildman–Crippen MR) is 86.2 cm³/mol. The molecule has 2 N–H and O–H groups in total. The number of carboxylic acid groups (broad SMARTS) is 1. The molecule has 0 saturated heterocycles. The summed E-state index contributed by atoms with van der Waals surface area (Å²) in [7, 11) is 0. The Morgan fingerprint density at radius 3 is 2.64 bits per heavy atom. The number of aromatic nitrogens is 2. The highest BCUT2D eigenvalue weighted by atomic mass is 79.9. The number of aliphatic carboxylic acids is 1. The van der Waals surface area contributed by atoms with Gasteiger partial charge in [0.25, 0.3) is 5.91 Å². The monoisotopic (exact) mass is 367 g/mol. The number of hydrogen-bond acceptors (Lipinski definition) is 3. The maximum Gasteiger partial charge on any atom is 0.328 e. The summed E-state index contributed by atoms with van der Waals surface area (Å²) in [5.74, 6) is -1.54. The Bertz CT molecular complexity index is 765. The minimum atomic E-state index is -1.35. The van der Waals surface area contributed by atoms with Crippen molar-refractivity contribution < 1.29 is 14.7 Å².